The predicted octanol–water partition coefficient (Wildman–Crippen LogP) is 4.85. The summed E-state index contributed by atoms with van der Waals surface area (Å²) in [5.41, 5.74) is 3.29. The largest absolute Gasteiger partial charge is 0.493 e. The summed E-state index contributed by atoms with van der Waals surface area (Å²) in [6.07, 6.45) is 0.569. The van der Waals surface area contributed by atoms with Crippen LogP contribution in [0.2, 0.25) is 0 Å². The van der Waals surface area contributed by atoms with Crippen LogP contribution < -0.4 is 34.4 Å². The monoisotopic (exact) mass is 547 g/mol. The average molecular weight is 548 g/mol. The number of methoxy groups -OCH3 is 4. The SMILES string of the molecule is COc1ccc(CCNC(=O)COc2c(-c3ccc(OC)c(OC)c3)oc3cc(C)cc(C)c3c2=O)cc1OC. The lowest BCUT2D eigenvalue weighted by atomic mass is 10.0. The minimum absolute atomic E-state index is 0.0540. The number of rotatable bonds is 11. The van der Waals surface area contributed by atoms with Gasteiger partial charge in [0.1, 0.15) is 5.58 Å². The second-order valence-corrected chi connectivity index (χ2v) is 9.19. The molecule has 0 bridgehead atoms. The first-order chi connectivity index (χ1) is 19.3. The van der Waals surface area contributed by atoms with Gasteiger partial charge >= 0.3 is 0 Å². The number of hydrogen-bond donors (Lipinski definition) is 1. The molecule has 0 atom stereocenters. The van der Waals surface area contributed by atoms with E-state index < -0.39 is 0 Å². The first-order valence-electron chi connectivity index (χ1n) is 12.7. The van der Waals surface area contributed by atoms with E-state index in [2.05, 4.69) is 5.32 Å². The number of ether oxygens (including phenoxy) is 5. The first kappa shape index (κ1) is 28.4. The van der Waals surface area contributed by atoms with Crippen LogP contribution in [-0.4, -0.2) is 47.5 Å². The van der Waals surface area contributed by atoms with Crippen molar-refractivity contribution in [2.45, 2.75) is 20.3 Å². The van der Waals surface area contributed by atoms with E-state index in [1.165, 1.54) is 14.2 Å². The molecule has 0 aliphatic carbocycles. The van der Waals surface area contributed by atoms with E-state index in [0.29, 0.717) is 52.5 Å². The van der Waals surface area contributed by atoms with E-state index in [1.54, 1.807) is 38.5 Å². The maximum absolute atomic E-state index is 13.7. The summed E-state index contributed by atoms with van der Waals surface area (Å²) in [5.74, 6) is 2.00. The number of carbonyl (C=O) groups excluding carboxylic acids is 1. The third-order valence-electron chi connectivity index (χ3n) is 6.47. The van der Waals surface area contributed by atoms with Crippen molar-refractivity contribution in [3.8, 4) is 40.1 Å². The Morgan fingerprint density at radius 1 is 0.825 bits per heavy atom. The molecule has 210 valence electrons. The topological polar surface area (TPSA) is 105 Å². The lowest BCUT2D eigenvalue weighted by molar-refractivity contribution is -0.123. The van der Waals surface area contributed by atoms with Gasteiger partial charge in [-0.25, -0.2) is 0 Å². The molecule has 0 radical (unpaired) electrons. The molecule has 9 nitrogen and oxygen atoms in total. The van der Waals surface area contributed by atoms with E-state index >= 15 is 0 Å². The highest BCUT2D eigenvalue weighted by molar-refractivity contribution is 5.86. The predicted molar refractivity (Wildman–Crippen MR) is 152 cm³/mol. The Kier molecular flexibility index (Phi) is 8.83. The molecule has 1 amide bonds. The second kappa shape index (κ2) is 12.5. The highest BCUT2D eigenvalue weighted by Gasteiger charge is 2.21. The molecule has 4 rings (SSSR count). The minimum Gasteiger partial charge on any atom is -0.493 e. The van der Waals surface area contributed by atoms with Crippen molar-refractivity contribution in [2.75, 3.05) is 41.6 Å². The zero-order chi connectivity index (χ0) is 28.8. The Bertz CT molecular complexity index is 1590. The molecular weight excluding hydrogens is 514 g/mol. The van der Waals surface area contributed by atoms with Crippen LogP contribution in [0.25, 0.3) is 22.3 Å². The first-order valence-corrected chi connectivity index (χ1v) is 12.7. The van der Waals surface area contributed by atoms with E-state index in [1.807, 2.05) is 38.1 Å². The van der Waals surface area contributed by atoms with Crippen LogP contribution >= 0.6 is 0 Å². The van der Waals surface area contributed by atoms with Crippen molar-refractivity contribution in [3.05, 3.63) is 75.4 Å². The summed E-state index contributed by atoms with van der Waals surface area (Å²) in [6.45, 7) is 3.77. The molecule has 9 heteroatoms. The molecule has 0 fully saturated rings. The van der Waals surface area contributed by atoms with Gasteiger partial charge in [-0.05, 0) is 73.4 Å². The van der Waals surface area contributed by atoms with Gasteiger partial charge in [-0.1, -0.05) is 12.1 Å². The van der Waals surface area contributed by atoms with Crippen LogP contribution in [0.1, 0.15) is 16.7 Å². The number of aryl methyl sites for hydroxylation is 2. The zero-order valence-corrected chi connectivity index (χ0v) is 23.5. The van der Waals surface area contributed by atoms with Crippen LogP contribution in [0, 0.1) is 13.8 Å². The van der Waals surface area contributed by atoms with Crippen molar-refractivity contribution in [3.63, 3.8) is 0 Å². The maximum atomic E-state index is 13.7. The summed E-state index contributed by atoms with van der Waals surface area (Å²) >= 11 is 0. The zero-order valence-electron chi connectivity index (χ0n) is 23.5. The van der Waals surface area contributed by atoms with Crippen LogP contribution in [0.3, 0.4) is 0 Å². The molecule has 1 heterocycles. The summed E-state index contributed by atoms with van der Waals surface area (Å²) < 4.78 is 33.5. The fraction of sp³-hybridized carbons (Fsp3) is 0.290. The van der Waals surface area contributed by atoms with Crippen LogP contribution in [-0.2, 0) is 11.2 Å². The molecule has 1 N–H and O–H groups in total. The molecule has 0 saturated heterocycles. The highest BCUT2D eigenvalue weighted by atomic mass is 16.5. The normalized spacial score (nSPS) is 10.8. The molecule has 0 saturated carbocycles. The highest BCUT2D eigenvalue weighted by Crippen LogP contribution is 2.37. The van der Waals surface area contributed by atoms with Gasteiger partial charge in [-0.3, -0.25) is 9.59 Å². The summed E-state index contributed by atoms with van der Waals surface area (Å²) in [6, 6.07) is 14.4. The van der Waals surface area contributed by atoms with E-state index in [0.717, 1.165) is 16.7 Å². The lowest BCUT2D eigenvalue weighted by Gasteiger charge is -2.15. The fourth-order valence-electron chi connectivity index (χ4n) is 4.54. The van der Waals surface area contributed by atoms with Crippen molar-refractivity contribution in [1.29, 1.82) is 0 Å². The summed E-state index contributed by atoms with van der Waals surface area (Å²) in [5, 5.41) is 3.23. The number of amides is 1. The lowest BCUT2D eigenvalue weighted by Crippen LogP contribution is -2.31. The van der Waals surface area contributed by atoms with Crippen LogP contribution in [0.15, 0.2) is 57.7 Å². The molecule has 3 aromatic carbocycles. The molecule has 0 aliphatic rings. The van der Waals surface area contributed by atoms with E-state index in [9.17, 15) is 9.59 Å². The van der Waals surface area contributed by atoms with Gasteiger partial charge in [0.05, 0.1) is 33.8 Å². The Morgan fingerprint density at radius 3 is 2.15 bits per heavy atom. The van der Waals surface area contributed by atoms with E-state index in [-0.39, 0.29) is 29.5 Å². The van der Waals surface area contributed by atoms with Gasteiger partial charge in [0.15, 0.2) is 35.4 Å². The van der Waals surface area contributed by atoms with Crippen LogP contribution in [0.5, 0.6) is 28.7 Å². The number of fused-ring (bicyclic) bond motifs is 1. The third-order valence-corrected chi connectivity index (χ3v) is 6.47. The Hall–Kier alpha value is -4.66. The molecular formula is C31H33NO8. The van der Waals surface area contributed by atoms with Crippen molar-refractivity contribution in [1.82, 2.24) is 5.32 Å². The number of carbonyl (C=O) groups is 1. The van der Waals surface area contributed by atoms with Crippen molar-refractivity contribution >= 4 is 16.9 Å². The van der Waals surface area contributed by atoms with Gasteiger partial charge in [-0.2, -0.15) is 0 Å². The Labute approximate surface area is 232 Å². The maximum Gasteiger partial charge on any atom is 0.257 e. The quantitative estimate of drug-likeness (QED) is 0.284. The van der Waals surface area contributed by atoms with Crippen LogP contribution in [0.4, 0.5) is 0 Å². The number of hydrogen-bond acceptors (Lipinski definition) is 8. The van der Waals surface area contributed by atoms with E-state index in [4.69, 9.17) is 28.1 Å². The summed E-state index contributed by atoms with van der Waals surface area (Å²) in [7, 11) is 6.21. The van der Waals surface area contributed by atoms with Crippen molar-refractivity contribution in [2.24, 2.45) is 0 Å². The fourth-order valence-corrected chi connectivity index (χ4v) is 4.54. The molecule has 0 aliphatic heterocycles. The minimum atomic E-state index is -0.376. The van der Waals surface area contributed by atoms with Gasteiger partial charge in [0.2, 0.25) is 11.2 Å². The molecule has 0 unspecified atom stereocenters. The molecule has 0 spiro atoms. The Morgan fingerprint density at radius 2 is 1.48 bits per heavy atom. The Balaban J connectivity index is 1.58. The smallest absolute Gasteiger partial charge is 0.257 e. The van der Waals surface area contributed by atoms with Gasteiger partial charge in [0.25, 0.3) is 5.91 Å². The van der Waals surface area contributed by atoms with Gasteiger partial charge in [0, 0.05) is 12.1 Å². The molecule has 4 aromatic rings. The van der Waals surface area contributed by atoms with Crippen molar-refractivity contribution < 1.29 is 32.9 Å². The standard InChI is InChI=1S/C31H33NO8/c1-18-13-19(2)28-26(14-18)40-30(21-8-10-23(36-4)25(16-21)38-6)31(29(28)34)39-17-27(33)32-12-11-20-7-9-22(35-3)24(15-20)37-5/h7-10,13-16H,11-12,17H2,1-6H3,(H,32,33). The number of nitrogens with one attached hydrogen (secondary N) is 1. The third kappa shape index (κ3) is 5.98. The summed E-state index contributed by atoms with van der Waals surface area (Å²) in [4.78, 5) is 26.4. The average Bonchev–Trinajstić information content (AvgIpc) is 2.95. The van der Waals surface area contributed by atoms with Gasteiger partial charge in [-0.15, -0.1) is 0 Å². The number of benzene rings is 3. The molecule has 1 aromatic heterocycles. The second-order valence-electron chi connectivity index (χ2n) is 9.19. The van der Waals surface area contributed by atoms with Gasteiger partial charge < -0.3 is 33.4 Å². The molecule has 40 heavy (non-hydrogen) atoms.